The fourth-order valence-electron chi connectivity index (χ4n) is 2.52. The van der Waals surface area contributed by atoms with Crippen LogP contribution in [-0.4, -0.2) is 41.2 Å². The van der Waals surface area contributed by atoms with Gasteiger partial charge >= 0.3 is 0 Å². The van der Waals surface area contributed by atoms with Gasteiger partial charge in [-0.15, -0.1) is 0 Å². The highest BCUT2D eigenvalue weighted by Gasteiger charge is 2.38. The molecular weight excluding hydrogens is 236 g/mol. The lowest BCUT2D eigenvalue weighted by atomic mass is 9.98. The SMILES string of the molecule is CC1(c2noc(C3COCCC3O)n2)CCCO1. The third-order valence-corrected chi connectivity index (χ3v) is 3.77. The Morgan fingerprint density at radius 2 is 2.28 bits per heavy atom. The summed E-state index contributed by atoms with van der Waals surface area (Å²) in [6.07, 6.45) is 2.05. The van der Waals surface area contributed by atoms with Gasteiger partial charge in [0.25, 0.3) is 0 Å². The van der Waals surface area contributed by atoms with Gasteiger partial charge in [0.1, 0.15) is 5.60 Å². The van der Waals surface area contributed by atoms with Gasteiger partial charge < -0.3 is 19.1 Å². The van der Waals surface area contributed by atoms with Crippen molar-refractivity contribution < 1.29 is 19.1 Å². The highest BCUT2D eigenvalue weighted by molar-refractivity contribution is 5.05. The number of rotatable bonds is 2. The van der Waals surface area contributed by atoms with E-state index in [9.17, 15) is 5.11 Å². The molecule has 1 aromatic heterocycles. The molecule has 0 saturated carbocycles. The number of aliphatic hydroxyl groups excluding tert-OH is 1. The quantitative estimate of drug-likeness (QED) is 0.847. The number of hydrogen-bond donors (Lipinski definition) is 1. The van der Waals surface area contributed by atoms with E-state index < -0.39 is 11.7 Å². The van der Waals surface area contributed by atoms with Crippen molar-refractivity contribution in [3.05, 3.63) is 11.7 Å². The van der Waals surface area contributed by atoms with Crippen LogP contribution in [0.2, 0.25) is 0 Å². The molecule has 6 heteroatoms. The number of aromatic nitrogens is 2. The molecule has 3 atom stereocenters. The van der Waals surface area contributed by atoms with Gasteiger partial charge in [-0.2, -0.15) is 4.98 Å². The van der Waals surface area contributed by atoms with E-state index in [0.29, 0.717) is 31.3 Å². The van der Waals surface area contributed by atoms with Crippen LogP contribution in [0.5, 0.6) is 0 Å². The molecule has 0 spiro atoms. The van der Waals surface area contributed by atoms with E-state index >= 15 is 0 Å². The zero-order valence-corrected chi connectivity index (χ0v) is 10.5. The molecule has 2 aliphatic heterocycles. The molecule has 0 aromatic carbocycles. The standard InChI is InChI=1S/C12H18N2O4/c1-12(4-2-5-17-12)11-13-10(18-14-11)8-7-16-6-3-9(8)15/h8-9,15H,2-7H2,1H3. The highest BCUT2D eigenvalue weighted by atomic mass is 16.5. The minimum atomic E-state index is -0.468. The van der Waals surface area contributed by atoms with Crippen LogP contribution in [0.3, 0.4) is 0 Å². The smallest absolute Gasteiger partial charge is 0.234 e. The normalized spacial score (nSPS) is 37.0. The van der Waals surface area contributed by atoms with Gasteiger partial charge in [-0.3, -0.25) is 0 Å². The molecule has 0 radical (unpaired) electrons. The first-order valence-electron chi connectivity index (χ1n) is 6.43. The second-order valence-corrected chi connectivity index (χ2v) is 5.18. The van der Waals surface area contributed by atoms with Crippen LogP contribution < -0.4 is 0 Å². The third kappa shape index (κ3) is 2.04. The first kappa shape index (κ1) is 12.1. The number of ether oxygens (including phenoxy) is 2. The van der Waals surface area contributed by atoms with Crippen LogP contribution in [0.25, 0.3) is 0 Å². The molecule has 6 nitrogen and oxygen atoms in total. The number of aliphatic hydroxyl groups is 1. The Balaban J connectivity index is 1.80. The molecule has 18 heavy (non-hydrogen) atoms. The molecule has 3 unspecified atom stereocenters. The lowest BCUT2D eigenvalue weighted by Crippen LogP contribution is -2.30. The largest absolute Gasteiger partial charge is 0.392 e. The van der Waals surface area contributed by atoms with Crippen LogP contribution in [0.1, 0.15) is 43.8 Å². The Labute approximate surface area is 105 Å². The van der Waals surface area contributed by atoms with Crippen LogP contribution in [0, 0.1) is 0 Å². The van der Waals surface area contributed by atoms with Gasteiger partial charge in [-0.25, -0.2) is 0 Å². The summed E-state index contributed by atoms with van der Waals surface area (Å²) in [5.74, 6) is 0.812. The van der Waals surface area contributed by atoms with E-state index in [0.717, 1.165) is 19.4 Å². The van der Waals surface area contributed by atoms with Crippen LogP contribution in [0.15, 0.2) is 4.52 Å². The van der Waals surface area contributed by atoms with Crippen molar-refractivity contribution in [1.82, 2.24) is 10.1 Å². The monoisotopic (exact) mass is 254 g/mol. The fourth-order valence-corrected chi connectivity index (χ4v) is 2.52. The second kappa shape index (κ2) is 4.60. The molecule has 2 saturated heterocycles. The summed E-state index contributed by atoms with van der Waals surface area (Å²) >= 11 is 0. The molecule has 3 rings (SSSR count). The summed E-state index contributed by atoms with van der Waals surface area (Å²) in [5.41, 5.74) is -0.442. The Hall–Kier alpha value is -0.980. The molecule has 2 aliphatic rings. The van der Waals surface area contributed by atoms with Crippen molar-refractivity contribution in [2.24, 2.45) is 0 Å². The van der Waals surface area contributed by atoms with Crippen molar-refractivity contribution in [2.45, 2.75) is 43.8 Å². The third-order valence-electron chi connectivity index (χ3n) is 3.77. The van der Waals surface area contributed by atoms with Crippen LogP contribution in [-0.2, 0) is 15.1 Å². The molecule has 100 valence electrons. The first-order chi connectivity index (χ1) is 8.69. The van der Waals surface area contributed by atoms with Gasteiger partial charge in [0.2, 0.25) is 11.7 Å². The Morgan fingerprint density at radius 3 is 3.00 bits per heavy atom. The van der Waals surface area contributed by atoms with E-state index in [2.05, 4.69) is 10.1 Å². The minimum absolute atomic E-state index is 0.218. The van der Waals surface area contributed by atoms with Crippen molar-refractivity contribution >= 4 is 0 Å². The Kier molecular flexibility index (Phi) is 3.09. The van der Waals surface area contributed by atoms with Crippen molar-refractivity contribution in [1.29, 1.82) is 0 Å². The molecule has 0 aliphatic carbocycles. The topological polar surface area (TPSA) is 77.6 Å². The molecular formula is C12H18N2O4. The summed E-state index contributed by atoms with van der Waals surface area (Å²) in [6.45, 7) is 3.72. The summed E-state index contributed by atoms with van der Waals surface area (Å²) in [7, 11) is 0. The van der Waals surface area contributed by atoms with Crippen LogP contribution in [0.4, 0.5) is 0 Å². The summed E-state index contributed by atoms with van der Waals surface area (Å²) in [4.78, 5) is 4.40. The Bertz CT molecular complexity index is 414. The molecule has 0 bridgehead atoms. The maximum atomic E-state index is 9.92. The van der Waals surface area contributed by atoms with Gasteiger partial charge in [-0.05, 0) is 26.2 Å². The Morgan fingerprint density at radius 1 is 1.39 bits per heavy atom. The van der Waals surface area contributed by atoms with E-state index in [1.54, 1.807) is 0 Å². The maximum absolute atomic E-state index is 9.92. The van der Waals surface area contributed by atoms with E-state index in [4.69, 9.17) is 14.0 Å². The van der Waals surface area contributed by atoms with E-state index in [1.807, 2.05) is 6.92 Å². The predicted molar refractivity (Wildman–Crippen MR) is 61.0 cm³/mol. The molecule has 1 aromatic rings. The predicted octanol–water partition coefficient (Wildman–Crippen LogP) is 0.960. The van der Waals surface area contributed by atoms with E-state index in [1.165, 1.54) is 0 Å². The highest BCUT2D eigenvalue weighted by Crippen LogP contribution is 2.35. The first-order valence-corrected chi connectivity index (χ1v) is 6.43. The second-order valence-electron chi connectivity index (χ2n) is 5.18. The zero-order chi connectivity index (χ0) is 12.6. The summed E-state index contributed by atoms with van der Waals surface area (Å²) < 4.78 is 16.3. The fraction of sp³-hybridized carbons (Fsp3) is 0.833. The van der Waals surface area contributed by atoms with Gasteiger partial charge in [-0.1, -0.05) is 5.16 Å². The van der Waals surface area contributed by atoms with Crippen LogP contribution >= 0.6 is 0 Å². The lowest BCUT2D eigenvalue weighted by Gasteiger charge is -2.24. The van der Waals surface area contributed by atoms with Gasteiger partial charge in [0, 0.05) is 13.2 Å². The van der Waals surface area contributed by atoms with E-state index in [-0.39, 0.29) is 5.92 Å². The molecule has 0 amide bonds. The molecule has 2 fully saturated rings. The summed E-state index contributed by atoms with van der Waals surface area (Å²) in [6, 6.07) is 0. The average molecular weight is 254 g/mol. The molecule has 3 heterocycles. The number of hydrogen-bond acceptors (Lipinski definition) is 6. The van der Waals surface area contributed by atoms with Gasteiger partial charge in [0.15, 0.2) is 0 Å². The average Bonchev–Trinajstić information content (AvgIpc) is 2.99. The van der Waals surface area contributed by atoms with Gasteiger partial charge in [0.05, 0.1) is 18.6 Å². The summed E-state index contributed by atoms with van der Waals surface area (Å²) in [5, 5.41) is 13.9. The maximum Gasteiger partial charge on any atom is 0.234 e. The van der Waals surface area contributed by atoms with Crippen molar-refractivity contribution in [3.63, 3.8) is 0 Å². The van der Waals surface area contributed by atoms with Crippen molar-refractivity contribution in [3.8, 4) is 0 Å². The molecule has 1 N–H and O–H groups in total. The zero-order valence-electron chi connectivity index (χ0n) is 10.5. The van der Waals surface area contributed by atoms with Crippen molar-refractivity contribution in [2.75, 3.05) is 19.8 Å². The number of nitrogens with zero attached hydrogens (tertiary/aromatic N) is 2. The minimum Gasteiger partial charge on any atom is -0.392 e. The lowest BCUT2D eigenvalue weighted by molar-refractivity contribution is -0.0149.